The molecule has 7 rings (SSSR count). The van der Waals surface area contributed by atoms with Gasteiger partial charge in [-0.25, -0.2) is 14.7 Å². The van der Waals surface area contributed by atoms with E-state index in [9.17, 15) is 14.7 Å². The zero-order valence-electron chi connectivity index (χ0n) is 22.7. The highest BCUT2D eigenvalue weighted by Crippen LogP contribution is 2.47. The first-order valence-electron chi connectivity index (χ1n) is 14.9. The SMILES string of the molecule is CC1(C)NC(=O)N(c2nc3ccccc3n(C3CC4CCCC(C3)N4C3CC4CCCC(C4)C3)c2=O)C1O. The number of nitrogens with zero attached hydrogens (tertiary/aromatic N) is 4. The van der Waals surface area contributed by atoms with Gasteiger partial charge in [-0.15, -0.1) is 0 Å². The molecule has 38 heavy (non-hydrogen) atoms. The summed E-state index contributed by atoms with van der Waals surface area (Å²) in [6, 6.07) is 9.01. The van der Waals surface area contributed by atoms with Gasteiger partial charge < -0.3 is 15.0 Å². The third kappa shape index (κ3) is 3.89. The number of aliphatic hydroxyl groups excluding tert-OH is 1. The Labute approximate surface area is 224 Å². The number of hydrogen-bond donors (Lipinski definition) is 2. The third-order valence-electron chi connectivity index (χ3n) is 10.4. The van der Waals surface area contributed by atoms with Crippen LogP contribution in [0.4, 0.5) is 10.6 Å². The van der Waals surface area contributed by atoms with Gasteiger partial charge in [0.2, 0.25) is 5.82 Å². The molecule has 5 aliphatic rings. The van der Waals surface area contributed by atoms with Gasteiger partial charge in [0.25, 0.3) is 5.56 Å². The number of amides is 2. The molecule has 1 aromatic carbocycles. The summed E-state index contributed by atoms with van der Waals surface area (Å²) in [5, 5.41) is 13.8. The minimum Gasteiger partial charge on any atom is -0.371 e. The average Bonchev–Trinajstić information content (AvgIpc) is 3.08. The van der Waals surface area contributed by atoms with Crippen LogP contribution in [0, 0.1) is 11.8 Å². The molecule has 2 aromatic rings. The second-order valence-electron chi connectivity index (χ2n) is 13.3. The van der Waals surface area contributed by atoms with Crippen molar-refractivity contribution in [3.63, 3.8) is 0 Å². The maximum atomic E-state index is 14.2. The monoisotopic (exact) mass is 519 g/mol. The van der Waals surface area contributed by atoms with Crippen LogP contribution in [0.15, 0.2) is 29.1 Å². The largest absolute Gasteiger partial charge is 0.371 e. The van der Waals surface area contributed by atoms with Crippen LogP contribution in [-0.2, 0) is 0 Å². The highest BCUT2D eigenvalue weighted by molar-refractivity contribution is 5.95. The number of hydrogen-bond acceptors (Lipinski definition) is 5. The van der Waals surface area contributed by atoms with E-state index in [4.69, 9.17) is 0 Å². The van der Waals surface area contributed by atoms with Crippen molar-refractivity contribution in [1.82, 2.24) is 19.8 Å². The lowest BCUT2D eigenvalue weighted by Gasteiger charge is -2.55. The Morgan fingerprint density at radius 2 is 1.53 bits per heavy atom. The highest BCUT2D eigenvalue weighted by Gasteiger charge is 2.48. The molecule has 5 atom stereocenters. The van der Waals surface area contributed by atoms with E-state index in [2.05, 4.69) is 15.2 Å². The van der Waals surface area contributed by atoms with Crippen LogP contribution in [0.1, 0.15) is 90.5 Å². The van der Waals surface area contributed by atoms with Crippen molar-refractivity contribution in [3.8, 4) is 0 Å². The Morgan fingerprint density at radius 1 is 0.868 bits per heavy atom. The van der Waals surface area contributed by atoms with E-state index in [0.29, 0.717) is 23.6 Å². The van der Waals surface area contributed by atoms with Gasteiger partial charge in [0.05, 0.1) is 16.6 Å². The van der Waals surface area contributed by atoms with Crippen molar-refractivity contribution in [3.05, 3.63) is 34.6 Å². The predicted octanol–water partition coefficient (Wildman–Crippen LogP) is 4.55. The Bertz CT molecular complexity index is 1280. The molecule has 8 nitrogen and oxygen atoms in total. The lowest BCUT2D eigenvalue weighted by molar-refractivity contribution is -0.0485. The third-order valence-corrected chi connectivity index (χ3v) is 10.4. The molecule has 204 valence electrons. The average molecular weight is 520 g/mol. The van der Waals surface area contributed by atoms with Crippen molar-refractivity contribution in [1.29, 1.82) is 0 Å². The molecule has 4 heterocycles. The maximum absolute atomic E-state index is 14.2. The standard InChI is InChI=1S/C30H41N5O3/c1-30(2)28(37)35(29(38)32-30)26-27(36)34(25-12-4-3-11-24(25)31-26)23-16-20-9-6-10-21(17-23)33(20)22-14-18-7-5-8-19(13-18)15-22/h3-4,11-12,18-23,28,37H,5-10,13-17H2,1-2H3,(H,32,38). The van der Waals surface area contributed by atoms with E-state index in [1.807, 2.05) is 28.8 Å². The quantitative estimate of drug-likeness (QED) is 0.621. The van der Waals surface area contributed by atoms with Gasteiger partial charge >= 0.3 is 6.03 Å². The zero-order chi connectivity index (χ0) is 26.2. The van der Waals surface area contributed by atoms with E-state index >= 15 is 0 Å². The van der Waals surface area contributed by atoms with Crippen LogP contribution >= 0.6 is 0 Å². The van der Waals surface area contributed by atoms with E-state index in [-0.39, 0.29) is 17.4 Å². The lowest BCUT2D eigenvalue weighted by Crippen LogP contribution is -2.58. The predicted molar refractivity (Wildman–Crippen MR) is 147 cm³/mol. The molecule has 0 spiro atoms. The smallest absolute Gasteiger partial charge is 0.326 e. The maximum Gasteiger partial charge on any atom is 0.326 e. The number of aliphatic hydroxyl groups is 1. The first-order chi connectivity index (χ1) is 18.3. The zero-order valence-corrected chi connectivity index (χ0v) is 22.7. The number of rotatable bonds is 3. The number of benzene rings is 1. The fourth-order valence-electron chi connectivity index (χ4n) is 8.84. The molecular formula is C30H41N5O3. The van der Waals surface area contributed by atoms with Gasteiger partial charge in [-0.05, 0) is 82.8 Å². The molecule has 1 aromatic heterocycles. The van der Waals surface area contributed by atoms with Crippen LogP contribution in [0.3, 0.4) is 0 Å². The van der Waals surface area contributed by atoms with Gasteiger partial charge in [0.1, 0.15) is 0 Å². The second-order valence-corrected chi connectivity index (χ2v) is 13.3. The number of fused-ring (bicyclic) bond motifs is 5. The number of nitrogens with one attached hydrogen (secondary N) is 1. The van der Waals surface area contributed by atoms with Crippen molar-refractivity contribution in [2.24, 2.45) is 11.8 Å². The van der Waals surface area contributed by atoms with Gasteiger partial charge in [-0.1, -0.05) is 37.8 Å². The summed E-state index contributed by atoms with van der Waals surface area (Å²) in [5.41, 5.74) is 0.347. The molecule has 5 fully saturated rings. The van der Waals surface area contributed by atoms with Crippen molar-refractivity contribution in [2.45, 2.75) is 120 Å². The normalized spacial score (nSPS) is 36.9. The van der Waals surface area contributed by atoms with Crippen molar-refractivity contribution >= 4 is 22.9 Å². The van der Waals surface area contributed by atoms with Gasteiger partial charge in [0.15, 0.2) is 6.23 Å². The number of carbonyl (C=O) groups is 1. The van der Waals surface area contributed by atoms with Crippen molar-refractivity contribution in [2.75, 3.05) is 4.90 Å². The first-order valence-corrected chi connectivity index (χ1v) is 14.9. The molecule has 2 saturated carbocycles. The van der Waals surface area contributed by atoms with E-state index < -0.39 is 17.8 Å². The molecular weight excluding hydrogens is 478 g/mol. The van der Waals surface area contributed by atoms with Crippen LogP contribution < -0.4 is 15.8 Å². The van der Waals surface area contributed by atoms with E-state index in [0.717, 1.165) is 35.1 Å². The lowest BCUT2D eigenvalue weighted by atomic mass is 9.68. The number of para-hydroxylation sites is 2. The molecule has 5 unspecified atom stereocenters. The molecule has 8 heteroatoms. The fraction of sp³-hybridized carbons (Fsp3) is 0.700. The van der Waals surface area contributed by atoms with Gasteiger partial charge in [0, 0.05) is 24.2 Å². The summed E-state index contributed by atoms with van der Waals surface area (Å²) >= 11 is 0. The summed E-state index contributed by atoms with van der Waals surface area (Å²) in [6.07, 6.45) is 12.8. The minimum absolute atomic E-state index is 0.0203. The van der Waals surface area contributed by atoms with Gasteiger partial charge in [-0.3, -0.25) is 9.69 Å². The highest BCUT2D eigenvalue weighted by atomic mass is 16.3. The Hall–Kier alpha value is -2.45. The Balaban J connectivity index is 1.25. The summed E-state index contributed by atoms with van der Waals surface area (Å²) in [7, 11) is 0. The summed E-state index contributed by atoms with van der Waals surface area (Å²) in [6.45, 7) is 3.51. The number of aromatic nitrogens is 2. The molecule has 0 radical (unpaired) electrons. The minimum atomic E-state index is -1.17. The summed E-state index contributed by atoms with van der Waals surface area (Å²) < 4.78 is 1.92. The number of anilines is 1. The molecule has 2 amide bonds. The number of urea groups is 1. The van der Waals surface area contributed by atoms with Crippen LogP contribution in [0.2, 0.25) is 0 Å². The summed E-state index contributed by atoms with van der Waals surface area (Å²) in [4.78, 5) is 35.7. The second kappa shape index (κ2) is 9.05. The van der Waals surface area contributed by atoms with Crippen LogP contribution in [0.5, 0.6) is 0 Å². The van der Waals surface area contributed by atoms with E-state index in [1.54, 1.807) is 13.8 Å². The van der Waals surface area contributed by atoms with Gasteiger partial charge in [-0.2, -0.15) is 0 Å². The van der Waals surface area contributed by atoms with Crippen molar-refractivity contribution < 1.29 is 9.90 Å². The van der Waals surface area contributed by atoms with Crippen LogP contribution in [-0.4, -0.2) is 55.5 Å². The molecule has 2 N–H and O–H groups in total. The number of carbonyl (C=O) groups excluding carboxylic acids is 1. The Kier molecular flexibility index (Phi) is 5.85. The van der Waals surface area contributed by atoms with Crippen LogP contribution in [0.25, 0.3) is 11.0 Å². The van der Waals surface area contributed by atoms with E-state index in [1.165, 1.54) is 57.8 Å². The Morgan fingerprint density at radius 3 is 2.18 bits per heavy atom. The molecule has 2 aliphatic carbocycles. The molecule has 3 saturated heterocycles. The fourth-order valence-corrected chi connectivity index (χ4v) is 8.84. The first kappa shape index (κ1) is 24.6. The molecule has 4 bridgehead atoms. The molecule has 3 aliphatic heterocycles. The topological polar surface area (TPSA) is 90.7 Å². The summed E-state index contributed by atoms with van der Waals surface area (Å²) in [5.74, 6) is 1.83. The number of piperidine rings is 2.